The van der Waals surface area contributed by atoms with Crippen molar-refractivity contribution in [2.45, 2.75) is 13.8 Å². The number of hydrogen-bond acceptors (Lipinski definition) is 6. The normalized spacial score (nSPS) is 9.00. The summed E-state index contributed by atoms with van der Waals surface area (Å²) in [5.74, 6) is 0.278. The summed E-state index contributed by atoms with van der Waals surface area (Å²) in [5.41, 5.74) is -0.121. The average molecular weight is 218 g/mol. The molecule has 0 aliphatic rings. The van der Waals surface area contributed by atoms with Crippen molar-refractivity contribution in [3.05, 3.63) is 11.4 Å². The van der Waals surface area contributed by atoms with Crippen molar-refractivity contribution < 1.29 is 9.47 Å². The molecule has 1 aromatic heterocycles. The Morgan fingerprint density at radius 2 is 1.31 bits per heavy atom. The summed E-state index contributed by atoms with van der Waals surface area (Å²) in [6, 6.07) is 3.57. The van der Waals surface area contributed by atoms with Gasteiger partial charge in [0.05, 0.1) is 13.2 Å². The molecule has 0 aromatic carbocycles. The topological polar surface area (TPSA) is 91.8 Å². The molecule has 16 heavy (non-hydrogen) atoms. The maximum absolute atomic E-state index is 8.76. The van der Waals surface area contributed by atoms with E-state index in [1.54, 1.807) is 26.0 Å². The second-order valence-corrected chi connectivity index (χ2v) is 2.62. The fourth-order valence-electron chi connectivity index (χ4n) is 1.02. The molecular formula is C10H10N4O2. The molecular weight excluding hydrogens is 208 g/mol. The second kappa shape index (κ2) is 5.52. The first kappa shape index (κ1) is 11.7. The molecule has 0 spiro atoms. The summed E-state index contributed by atoms with van der Waals surface area (Å²) < 4.78 is 10.3. The quantitative estimate of drug-likeness (QED) is 0.749. The summed E-state index contributed by atoms with van der Waals surface area (Å²) in [7, 11) is 0. The van der Waals surface area contributed by atoms with Crippen LogP contribution in [0.3, 0.4) is 0 Å². The molecule has 0 radical (unpaired) electrons. The number of ether oxygens (including phenoxy) is 2. The molecule has 0 amide bonds. The van der Waals surface area contributed by atoms with E-state index in [9.17, 15) is 0 Å². The number of rotatable bonds is 4. The highest BCUT2D eigenvalue weighted by Gasteiger charge is 2.15. The third kappa shape index (κ3) is 2.37. The number of nitriles is 2. The lowest BCUT2D eigenvalue weighted by Gasteiger charge is -2.08. The van der Waals surface area contributed by atoms with Gasteiger partial charge in [-0.1, -0.05) is 0 Å². The lowest BCUT2D eigenvalue weighted by Crippen LogP contribution is -2.06. The van der Waals surface area contributed by atoms with Gasteiger partial charge in [0.15, 0.2) is 11.4 Å². The number of aromatic nitrogens is 2. The fraction of sp³-hybridized carbons (Fsp3) is 0.400. The van der Waals surface area contributed by atoms with E-state index >= 15 is 0 Å². The monoisotopic (exact) mass is 218 g/mol. The van der Waals surface area contributed by atoms with Gasteiger partial charge < -0.3 is 9.47 Å². The Labute approximate surface area is 93.1 Å². The molecule has 0 saturated carbocycles. The van der Waals surface area contributed by atoms with Crippen LogP contribution in [0.5, 0.6) is 11.8 Å². The minimum atomic E-state index is -0.0607. The van der Waals surface area contributed by atoms with Crippen LogP contribution >= 0.6 is 0 Å². The van der Waals surface area contributed by atoms with Gasteiger partial charge >= 0.3 is 0 Å². The SMILES string of the molecule is CCOc1nc(C#N)c(C#N)nc1OCC. The van der Waals surface area contributed by atoms with Crippen molar-refractivity contribution >= 4 is 0 Å². The molecule has 1 rings (SSSR count). The first-order valence-corrected chi connectivity index (χ1v) is 4.74. The van der Waals surface area contributed by atoms with E-state index in [2.05, 4.69) is 9.97 Å². The Balaban J connectivity index is 3.26. The van der Waals surface area contributed by atoms with Gasteiger partial charge in [-0.25, -0.2) is 0 Å². The smallest absolute Gasteiger partial charge is 0.279 e. The van der Waals surface area contributed by atoms with Gasteiger partial charge in [0.25, 0.3) is 11.8 Å². The van der Waals surface area contributed by atoms with E-state index in [4.69, 9.17) is 20.0 Å². The van der Waals surface area contributed by atoms with Crippen LogP contribution in [0.15, 0.2) is 0 Å². The molecule has 1 heterocycles. The molecule has 6 heteroatoms. The maximum Gasteiger partial charge on any atom is 0.279 e. The highest BCUT2D eigenvalue weighted by atomic mass is 16.5. The van der Waals surface area contributed by atoms with Gasteiger partial charge in [-0.2, -0.15) is 20.5 Å². The van der Waals surface area contributed by atoms with Crippen LogP contribution < -0.4 is 9.47 Å². The zero-order valence-corrected chi connectivity index (χ0v) is 9.02. The van der Waals surface area contributed by atoms with E-state index in [-0.39, 0.29) is 23.1 Å². The van der Waals surface area contributed by atoms with Crippen molar-refractivity contribution in [1.29, 1.82) is 10.5 Å². The van der Waals surface area contributed by atoms with Gasteiger partial charge in [0.1, 0.15) is 12.1 Å². The molecule has 0 fully saturated rings. The maximum atomic E-state index is 8.76. The Morgan fingerprint density at radius 1 is 0.938 bits per heavy atom. The van der Waals surface area contributed by atoms with Crippen molar-refractivity contribution in [2.24, 2.45) is 0 Å². The van der Waals surface area contributed by atoms with Gasteiger partial charge in [0.2, 0.25) is 0 Å². The van der Waals surface area contributed by atoms with E-state index in [1.807, 2.05) is 0 Å². The lowest BCUT2D eigenvalue weighted by atomic mass is 10.3. The Hall–Kier alpha value is -2.34. The highest BCUT2D eigenvalue weighted by molar-refractivity contribution is 5.41. The lowest BCUT2D eigenvalue weighted by molar-refractivity contribution is 0.268. The second-order valence-electron chi connectivity index (χ2n) is 2.62. The number of hydrogen-bond donors (Lipinski definition) is 0. The Morgan fingerprint density at radius 3 is 1.56 bits per heavy atom. The Bertz CT molecular complexity index is 416. The predicted octanol–water partition coefficient (Wildman–Crippen LogP) is 1.02. The molecule has 6 nitrogen and oxygen atoms in total. The fourth-order valence-corrected chi connectivity index (χ4v) is 1.02. The average Bonchev–Trinajstić information content (AvgIpc) is 2.31. The standard InChI is InChI=1S/C10H10N4O2/c1-3-15-9-10(16-4-2)14-8(6-12)7(5-11)13-9/h3-4H2,1-2H3. The van der Waals surface area contributed by atoms with E-state index in [0.29, 0.717) is 13.2 Å². The molecule has 0 N–H and O–H groups in total. The summed E-state index contributed by atoms with van der Waals surface area (Å²) >= 11 is 0. The minimum absolute atomic E-state index is 0.0607. The largest absolute Gasteiger partial charge is 0.474 e. The molecule has 0 atom stereocenters. The van der Waals surface area contributed by atoms with Gasteiger partial charge in [-0.3, -0.25) is 0 Å². The number of nitrogens with zero attached hydrogens (tertiary/aromatic N) is 4. The zero-order chi connectivity index (χ0) is 12.0. The van der Waals surface area contributed by atoms with Crippen molar-refractivity contribution in [3.63, 3.8) is 0 Å². The first-order chi connectivity index (χ1) is 7.76. The van der Waals surface area contributed by atoms with Crippen LogP contribution in [-0.2, 0) is 0 Å². The minimum Gasteiger partial charge on any atom is -0.474 e. The Kier molecular flexibility index (Phi) is 4.05. The molecule has 1 aromatic rings. The van der Waals surface area contributed by atoms with Crippen LogP contribution in [0.1, 0.15) is 25.2 Å². The van der Waals surface area contributed by atoms with Gasteiger partial charge in [0, 0.05) is 0 Å². The summed E-state index contributed by atoms with van der Waals surface area (Å²) in [5, 5.41) is 17.5. The van der Waals surface area contributed by atoms with Crippen LogP contribution in [0.25, 0.3) is 0 Å². The van der Waals surface area contributed by atoms with Crippen molar-refractivity contribution in [3.8, 4) is 23.9 Å². The van der Waals surface area contributed by atoms with Crippen LogP contribution in [0.4, 0.5) is 0 Å². The third-order valence-corrected chi connectivity index (χ3v) is 1.61. The van der Waals surface area contributed by atoms with Crippen LogP contribution in [-0.4, -0.2) is 23.2 Å². The third-order valence-electron chi connectivity index (χ3n) is 1.61. The van der Waals surface area contributed by atoms with Crippen LogP contribution in [0.2, 0.25) is 0 Å². The van der Waals surface area contributed by atoms with E-state index < -0.39 is 0 Å². The highest BCUT2D eigenvalue weighted by Crippen LogP contribution is 2.23. The summed E-state index contributed by atoms with van der Waals surface area (Å²) in [4.78, 5) is 7.75. The molecule has 0 aliphatic heterocycles. The summed E-state index contributed by atoms with van der Waals surface area (Å²) in [6.45, 7) is 4.32. The van der Waals surface area contributed by atoms with Crippen LogP contribution in [0, 0.1) is 22.7 Å². The van der Waals surface area contributed by atoms with E-state index in [0.717, 1.165) is 0 Å². The predicted molar refractivity (Wildman–Crippen MR) is 53.8 cm³/mol. The molecule has 0 unspecified atom stereocenters. The molecule has 0 saturated heterocycles. The molecule has 82 valence electrons. The van der Waals surface area contributed by atoms with Crippen molar-refractivity contribution in [1.82, 2.24) is 9.97 Å². The van der Waals surface area contributed by atoms with Crippen molar-refractivity contribution in [2.75, 3.05) is 13.2 Å². The molecule has 0 aliphatic carbocycles. The summed E-state index contributed by atoms with van der Waals surface area (Å²) in [6.07, 6.45) is 0. The molecule has 0 bridgehead atoms. The van der Waals surface area contributed by atoms with Gasteiger partial charge in [-0.05, 0) is 13.8 Å². The van der Waals surface area contributed by atoms with E-state index in [1.165, 1.54) is 0 Å². The zero-order valence-electron chi connectivity index (χ0n) is 9.02. The van der Waals surface area contributed by atoms with Gasteiger partial charge in [-0.15, -0.1) is 0 Å². The first-order valence-electron chi connectivity index (χ1n) is 4.74.